The summed E-state index contributed by atoms with van der Waals surface area (Å²) in [5.74, 6) is 1.16. The van der Waals surface area contributed by atoms with Crippen LogP contribution in [0.15, 0.2) is 16.7 Å². The van der Waals surface area contributed by atoms with Crippen molar-refractivity contribution >= 4 is 27.4 Å². The maximum absolute atomic E-state index is 8.88. The third kappa shape index (κ3) is 3.98. The first-order valence-corrected chi connectivity index (χ1v) is 6.22. The molecule has 0 aliphatic heterocycles. The number of nitrogens with one attached hydrogen (secondary N) is 1. The number of aliphatic hydroxyl groups is 1. The van der Waals surface area contributed by atoms with Gasteiger partial charge in [0.1, 0.15) is 5.82 Å². The van der Waals surface area contributed by atoms with Gasteiger partial charge in [-0.3, -0.25) is 0 Å². The topological polar surface area (TPSA) is 71.2 Å². The number of aliphatic hydroxyl groups excluding tert-OH is 1. The zero-order chi connectivity index (χ0) is 12.0. The van der Waals surface area contributed by atoms with Gasteiger partial charge in [0.25, 0.3) is 0 Å². The Bertz CT molecular complexity index is 333. The van der Waals surface area contributed by atoms with Crippen molar-refractivity contribution in [2.45, 2.75) is 19.8 Å². The van der Waals surface area contributed by atoms with Crippen LogP contribution in [-0.2, 0) is 0 Å². The molecule has 1 unspecified atom stereocenters. The van der Waals surface area contributed by atoms with E-state index in [2.05, 4.69) is 33.2 Å². The molecule has 1 heterocycles. The number of rotatable bonds is 6. The molecule has 0 aliphatic carbocycles. The van der Waals surface area contributed by atoms with E-state index < -0.39 is 0 Å². The van der Waals surface area contributed by atoms with Gasteiger partial charge in [0.2, 0.25) is 0 Å². The zero-order valence-corrected chi connectivity index (χ0v) is 11.0. The third-order valence-corrected chi connectivity index (χ3v) is 2.99. The van der Waals surface area contributed by atoms with Crippen LogP contribution in [0.1, 0.15) is 19.8 Å². The van der Waals surface area contributed by atoms with Crippen molar-refractivity contribution in [3.63, 3.8) is 0 Å². The van der Waals surface area contributed by atoms with Crippen LogP contribution >= 0.6 is 15.9 Å². The minimum absolute atomic E-state index is 0.226. The minimum atomic E-state index is 0.226. The first-order valence-electron chi connectivity index (χ1n) is 5.43. The highest BCUT2D eigenvalue weighted by atomic mass is 79.9. The molecule has 16 heavy (non-hydrogen) atoms. The van der Waals surface area contributed by atoms with Gasteiger partial charge in [0.05, 0.1) is 5.69 Å². The molecule has 90 valence electrons. The largest absolute Gasteiger partial charge is 0.396 e. The molecular weight excluding hydrogens is 270 g/mol. The van der Waals surface area contributed by atoms with Crippen molar-refractivity contribution < 1.29 is 5.11 Å². The van der Waals surface area contributed by atoms with Crippen molar-refractivity contribution in [2.75, 3.05) is 24.2 Å². The number of hydrogen-bond donors (Lipinski definition) is 3. The molecular formula is C11H18BrN3O. The van der Waals surface area contributed by atoms with Gasteiger partial charge in [-0.1, -0.05) is 13.3 Å². The highest BCUT2D eigenvalue weighted by molar-refractivity contribution is 9.10. The Morgan fingerprint density at radius 3 is 2.94 bits per heavy atom. The van der Waals surface area contributed by atoms with E-state index in [-0.39, 0.29) is 6.61 Å². The lowest BCUT2D eigenvalue weighted by atomic mass is 10.0. The number of pyridine rings is 1. The molecule has 1 aromatic heterocycles. The molecule has 1 atom stereocenters. The second kappa shape index (κ2) is 6.70. The molecule has 0 aromatic carbocycles. The molecule has 0 amide bonds. The van der Waals surface area contributed by atoms with Gasteiger partial charge in [0.15, 0.2) is 0 Å². The molecule has 4 nitrogen and oxygen atoms in total. The van der Waals surface area contributed by atoms with E-state index in [1.165, 1.54) is 0 Å². The van der Waals surface area contributed by atoms with Crippen LogP contribution in [0.3, 0.4) is 0 Å². The molecule has 4 N–H and O–H groups in total. The van der Waals surface area contributed by atoms with E-state index in [9.17, 15) is 0 Å². The van der Waals surface area contributed by atoms with Gasteiger partial charge in [-0.05, 0) is 34.3 Å². The van der Waals surface area contributed by atoms with Gasteiger partial charge in [-0.2, -0.15) is 0 Å². The van der Waals surface area contributed by atoms with E-state index in [0.29, 0.717) is 17.4 Å². The molecule has 0 saturated heterocycles. The molecule has 0 fully saturated rings. The number of nitrogens with two attached hydrogens (primary N) is 1. The Balaban J connectivity index is 2.53. The average Bonchev–Trinajstić information content (AvgIpc) is 2.26. The molecule has 0 bridgehead atoms. The van der Waals surface area contributed by atoms with Crippen molar-refractivity contribution in [3.05, 3.63) is 16.7 Å². The van der Waals surface area contributed by atoms with E-state index in [1.54, 1.807) is 6.20 Å². The maximum Gasteiger partial charge on any atom is 0.149 e. The Morgan fingerprint density at radius 2 is 2.38 bits per heavy atom. The Kier molecular flexibility index (Phi) is 5.55. The number of hydrogen-bond acceptors (Lipinski definition) is 4. The van der Waals surface area contributed by atoms with E-state index in [0.717, 1.165) is 23.9 Å². The van der Waals surface area contributed by atoms with Crippen molar-refractivity contribution in [3.8, 4) is 0 Å². The summed E-state index contributed by atoms with van der Waals surface area (Å²) in [7, 11) is 0. The predicted molar refractivity (Wildman–Crippen MR) is 70.3 cm³/mol. The third-order valence-electron chi connectivity index (χ3n) is 2.56. The summed E-state index contributed by atoms with van der Waals surface area (Å²) in [4.78, 5) is 4.20. The highest BCUT2D eigenvalue weighted by Gasteiger charge is 2.07. The van der Waals surface area contributed by atoms with Crippen molar-refractivity contribution in [1.82, 2.24) is 4.98 Å². The average molecular weight is 288 g/mol. The van der Waals surface area contributed by atoms with Crippen LogP contribution in [0.4, 0.5) is 11.5 Å². The standard InChI is InChI=1S/C11H18BrN3O/c1-2-8(3-4-16)6-14-11-10(13)5-9(12)7-15-11/h5,7-8,16H,2-4,6,13H2,1H3,(H,14,15). The molecule has 0 spiro atoms. The van der Waals surface area contributed by atoms with E-state index >= 15 is 0 Å². The van der Waals surface area contributed by atoms with Gasteiger partial charge < -0.3 is 16.2 Å². The first kappa shape index (κ1) is 13.3. The molecule has 1 aromatic rings. The van der Waals surface area contributed by atoms with Crippen LogP contribution in [-0.4, -0.2) is 23.2 Å². The summed E-state index contributed by atoms with van der Waals surface area (Å²) in [6, 6.07) is 1.82. The SMILES string of the molecule is CCC(CCO)CNc1ncc(Br)cc1N. The molecule has 0 saturated carbocycles. The number of anilines is 2. The second-order valence-electron chi connectivity index (χ2n) is 3.76. The fraction of sp³-hybridized carbons (Fsp3) is 0.545. The van der Waals surface area contributed by atoms with Crippen LogP contribution < -0.4 is 11.1 Å². The quantitative estimate of drug-likeness (QED) is 0.750. The lowest BCUT2D eigenvalue weighted by molar-refractivity contribution is 0.258. The van der Waals surface area contributed by atoms with Gasteiger partial charge in [-0.25, -0.2) is 4.98 Å². The Morgan fingerprint density at radius 1 is 1.62 bits per heavy atom. The highest BCUT2D eigenvalue weighted by Crippen LogP contribution is 2.20. The number of nitrogen functional groups attached to an aromatic ring is 1. The van der Waals surface area contributed by atoms with Gasteiger partial charge >= 0.3 is 0 Å². The van der Waals surface area contributed by atoms with Crippen LogP contribution in [0, 0.1) is 5.92 Å². The lowest BCUT2D eigenvalue weighted by Crippen LogP contribution is -2.16. The summed E-state index contributed by atoms with van der Waals surface area (Å²) in [5, 5.41) is 12.1. The molecule has 0 aliphatic rings. The monoisotopic (exact) mass is 287 g/mol. The molecule has 0 radical (unpaired) electrons. The smallest absolute Gasteiger partial charge is 0.149 e. The summed E-state index contributed by atoms with van der Waals surface area (Å²) in [6.45, 7) is 3.12. The van der Waals surface area contributed by atoms with E-state index in [1.807, 2.05) is 6.07 Å². The van der Waals surface area contributed by atoms with Crippen LogP contribution in [0.25, 0.3) is 0 Å². The Hall–Kier alpha value is -0.810. The normalized spacial score (nSPS) is 12.4. The molecule has 5 heteroatoms. The summed E-state index contributed by atoms with van der Waals surface area (Å²) < 4.78 is 0.873. The maximum atomic E-state index is 8.88. The van der Waals surface area contributed by atoms with Gasteiger partial charge in [-0.15, -0.1) is 0 Å². The summed E-state index contributed by atoms with van der Waals surface area (Å²) in [6.07, 6.45) is 3.55. The van der Waals surface area contributed by atoms with Gasteiger partial charge in [0, 0.05) is 23.8 Å². The summed E-state index contributed by atoms with van der Waals surface area (Å²) in [5.41, 5.74) is 6.45. The number of aromatic nitrogens is 1. The Labute approximate surface area is 104 Å². The lowest BCUT2D eigenvalue weighted by Gasteiger charge is -2.15. The fourth-order valence-electron chi connectivity index (χ4n) is 1.48. The number of nitrogens with zero attached hydrogens (tertiary/aromatic N) is 1. The van der Waals surface area contributed by atoms with Crippen LogP contribution in [0.2, 0.25) is 0 Å². The zero-order valence-electron chi connectivity index (χ0n) is 9.41. The summed E-state index contributed by atoms with van der Waals surface area (Å²) >= 11 is 3.31. The fourth-order valence-corrected chi connectivity index (χ4v) is 1.83. The van der Waals surface area contributed by atoms with Crippen LogP contribution in [0.5, 0.6) is 0 Å². The molecule has 1 rings (SSSR count). The van der Waals surface area contributed by atoms with Crippen molar-refractivity contribution in [1.29, 1.82) is 0 Å². The van der Waals surface area contributed by atoms with E-state index in [4.69, 9.17) is 10.8 Å². The van der Waals surface area contributed by atoms with Crippen molar-refractivity contribution in [2.24, 2.45) is 5.92 Å². The second-order valence-corrected chi connectivity index (χ2v) is 4.67. The minimum Gasteiger partial charge on any atom is -0.396 e. The number of halogens is 1. The predicted octanol–water partition coefficient (Wildman–Crippen LogP) is 2.25. The first-order chi connectivity index (χ1) is 7.67.